The zero-order chi connectivity index (χ0) is 23.7. The van der Waals surface area contributed by atoms with E-state index in [1.165, 1.54) is 35.0 Å². The van der Waals surface area contributed by atoms with Crippen molar-refractivity contribution in [3.8, 4) is 0 Å². The minimum atomic E-state index is -0.667. The average molecular weight is 472 g/mol. The van der Waals surface area contributed by atoms with E-state index in [1.54, 1.807) is 0 Å². The van der Waals surface area contributed by atoms with Crippen LogP contribution < -0.4 is 5.73 Å². The first kappa shape index (κ1) is 21.2. The van der Waals surface area contributed by atoms with Crippen LogP contribution in [-0.2, 0) is 33.5 Å². The Labute approximate surface area is 203 Å². The Morgan fingerprint density at radius 2 is 1.97 bits per heavy atom. The number of aromatic nitrogens is 4. The summed E-state index contributed by atoms with van der Waals surface area (Å²) < 4.78 is 21.2. The topological polar surface area (TPSA) is 97.3 Å². The molecule has 2 saturated heterocycles. The van der Waals surface area contributed by atoms with Gasteiger partial charge in [0, 0.05) is 17.3 Å². The van der Waals surface area contributed by atoms with Crippen LogP contribution >= 0.6 is 0 Å². The van der Waals surface area contributed by atoms with Crippen LogP contribution in [-0.4, -0.2) is 43.6 Å². The molecule has 0 radical (unpaired) electrons. The fraction of sp³-hybridized carbons (Fsp3) is 0.444. The van der Waals surface area contributed by atoms with Crippen molar-refractivity contribution in [3.63, 3.8) is 0 Å². The Morgan fingerprint density at radius 1 is 1.09 bits per heavy atom. The highest BCUT2D eigenvalue weighted by Crippen LogP contribution is 2.45. The molecule has 3 aromatic heterocycles. The molecule has 1 aliphatic carbocycles. The monoisotopic (exact) mass is 471 g/mol. The standard InChI is InChI=1S/C27H29N5O3/c1-27(2)34-22-21(9-7-15-6-8-17-13-16-4-3-5-19(16)31-20(17)12-15)33-26(23(22)35-27)32-11-10-18-24(28)29-14-30-25(18)32/h6,8,10-14,21-23,26H,3-5,7,9H2,1-2H3,(H2,28,29,30)/t21-,22-,23-,26-/m1/s1. The Morgan fingerprint density at radius 3 is 2.89 bits per heavy atom. The van der Waals surface area contributed by atoms with Crippen molar-refractivity contribution in [2.75, 3.05) is 5.73 Å². The van der Waals surface area contributed by atoms with E-state index in [2.05, 4.69) is 34.2 Å². The largest absolute Gasteiger partial charge is 0.383 e. The van der Waals surface area contributed by atoms with Crippen molar-refractivity contribution in [1.82, 2.24) is 19.5 Å². The van der Waals surface area contributed by atoms with Crippen molar-refractivity contribution in [1.29, 1.82) is 0 Å². The molecule has 3 aliphatic rings. The van der Waals surface area contributed by atoms with Gasteiger partial charge in [-0.15, -0.1) is 0 Å². The number of hydrogen-bond acceptors (Lipinski definition) is 7. The number of fused-ring (bicyclic) bond motifs is 4. The van der Waals surface area contributed by atoms with Gasteiger partial charge in [0.1, 0.15) is 30.0 Å². The first-order valence-corrected chi connectivity index (χ1v) is 12.4. The summed E-state index contributed by atoms with van der Waals surface area (Å²) in [6.07, 6.45) is 7.73. The predicted molar refractivity (Wildman–Crippen MR) is 132 cm³/mol. The van der Waals surface area contributed by atoms with Crippen LogP contribution in [0.4, 0.5) is 5.82 Å². The van der Waals surface area contributed by atoms with E-state index in [0.717, 1.165) is 42.2 Å². The molecule has 0 amide bonds. The van der Waals surface area contributed by atoms with Gasteiger partial charge in [0.25, 0.3) is 0 Å². The number of nitrogen functional groups attached to an aromatic ring is 1. The second kappa shape index (κ2) is 7.71. The summed E-state index contributed by atoms with van der Waals surface area (Å²) in [5.74, 6) is -0.209. The molecule has 0 bridgehead atoms. The molecular weight excluding hydrogens is 442 g/mol. The number of ether oxygens (including phenoxy) is 3. The molecule has 7 rings (SSSR count). The highest BCUT2D eigenvalue weighted by molar-refractivity contribution is 5.86. The minimum absolute atomic E-state index is 0.105. The van der Waals surface area contributed by atoms with Crippen LogP contribution in [0, 0.1) is 0 Å². The third kappa shape index (κ3) is 3.51. The molecule has 8 nitrogen and oxygen atoms in total. The smallest absolute Gasteiger partial charge is 0.164 e. The molecule has 1 aromatic carbocycles. The van der Waals surface area contributed by atoms with Gasteiger partial charge in [-0.1, -0.05) is 12.1 Å². The number of anilines is 1. The van der Waals surface area contributed by atoms with Gasteiger partial charge >= 0.3 is 0 Å². The molecule has 2 fully saturated rings. The summed E-state index contributed by atoms with van der Waals surface area (Å²) in [6.45, 7) is 3.92. The molecule has 0 spiro atoms. The summed E-state index contributed by atoms with van der Waals surface area (Å²) >= 11 is 0. The van der Waals surface area contributed by atoms with E-state index in [9.17, 15) is 0 Å². The third-order valence-corrected chi connectivity index (χ3v) is 7.57. The number of nitrogens with two attached hydrogens (primary N) is 1. The third-order valence-electron chi connectivity index (χ3n) is 7.57. The molecule has 2 N–H and O–H groups in total. The Hall–Kier alpha value is -3.07. The summed E-state index contributed by atoms with van der Waals surface area (Å²) in [5.41, 5.74) is 11.8. The summed E-state index contributed by atoms with van der Waals surface area (Å²) in [4.78, 5) is 13.5. The van der Waals surface area contributed by atoms with Gasteiger partial charge in [0.2, 0.25) is 0 Å². The molecule has 0 saturated carbocycles. The maximum absolute atomic E-state index is 6.58. The van der Waals surface area contributed by atoms with E-state index in [0.29, 0.717) is 5.82 Å². The van der Waals surface area contributed by atoms with Crippen molar-refractivity contribution in [3.05, 3.63) is 59.7 Å². The average Bonchev–Trinajstić information content (AvgIpc) is 3.59. The molecule has 2 aliphatic heterocycles. The molecule has 4 atom stereocenters. The fourth-order valence-corrected chi connectivity index (χ4v) is 5.95. The lowest BCUT2D eigenvalue weighted by Crippen LogP contribution is -2.29. The first-order valence-electron chi connectivity index (χ1n) is 12.4. The van der Waals surface area contributed by atoms with Crippen LogP contribution in [0.2, 0.25) is 0 Å². The predicted octanol–water partition coefficient (Wildman–Crippen LogP) is 4.10. The van der Waals surface area contributed by atoms with Crippen molar-refractivity contribution >= 4 is 27.8 Å². The fourth-order valence-electron chi connectivity index (χ4n) is 5.95. The summed E-state index contributed by atoms with van der Waals surface area (Å²) in [7, 11) is 0. The Balaban J connectivity index is 1.15. The molecule has 4 aromatic rings. The van der Waals surface area contributed by atoms with Gasteiger partial charge in [-0.05, 0) is 75.3 Å². The molecule has 5 heterocycles. The van der Waals surface area contributed by atoms with E-state index >= 15 is 0 Å². The summed E-state index contributed by atoms with van der Waals surface area (Å²) in [5, 5.41) is 2.03. The number of pyridine rings is 1. The van der Waals surface area contributed by atoms with Gasteiger partial charge in [0.15, 0.2) is 12.0 Å². The highest BCUT2D eigenvalue weighted by Gasteiger charge is 2.55. The SMILES string of the molecule is CC1(C)O[C@@H]2[C@H](O1)[C@@H](CCc1ccc3cc4c(nc3c1)CCC4)O[C@H]2n1ccc2c(N)ncnc21. The van der Waals surface area contributed by atoms with Crippen molar-refractivity contribution < 1.29 is 14.2 Å². The quantitative estimate of drug-likeness (QED) is 0.479. The van der Waals surface area contributed by atoms with E-state index in [-0.39, 0.29) is 24.5 Å². The zero-order valence-electron chi connectivity index (χ0n) is 20.0. The second-order valence-corrected chi connectivity index (χ2v) is 10.4. The maximum Gasteiger partial charge on any atom is 0.164 e. The maximum atomic E-state index is 6.58. The normalized spacial score (nSPS) is 27.0. The first-order chi connectivity index (χ1) is 16.9. The van der Waals surface area contributed by atoms with Crippen LogP contribution in [0.15, 0.2) is 42.9 Å². The Kier molecular flexibility index (Phi) is 4.68. The number of hydrogen-bond donors (Lipinski definition) is 1. The molecule has 35 heavy (non-hydrogen) atoms. The Bertz CT molecular complexity index is 1450. The van der Waals surface area contributed by atoms with Gasteiger partial charge < -0.3 is 24.5 Å². The molecule has 0 unspecified atom stereocenters. The molecule has 8 heteroatoms. The van der Waals surface area contributed by atoms with Gasteiger partial charge in [0.05, 0.1) is 17.0 Å². The lowest BCUT2D eigenvalue weighted by Gasteiger charge is -2.25. The second-order valence-electron chi connectivity index (χ2n) is 10.4. The number of rotatable bonds is 4. The molecule has 180 valence electrons. The van der Waals surface area contributed by atoms with Crippen LogP contribution in [0.3, 0.4) is 0 Å². The summed E-state index contributed by atoms with van der Waals surface area (Å²) in [6, 6.07) is 10.9. The van der Waals surface area contributed by atoms with Gasteiger partial charge in [-0.3, -0.25) is 4.98 Å². The van der Waals surface area contributed by atoms with Gasteiger partial charge in [-0.2, -0.15) is 0 Å². The van der Waals surface area contributed by atoms with Crippen LogP contribution in [0.25, 0.3) is 21.9 Å². The van der Waals surface area contributed by atoms with Crippen LogP contribution in [0.5, 0.6) is 0 Å². The van der Waals surface area contributed by atoms with E-state index < -0.39 is 5.79 Å². The lowest BCUT2D eigenvalue weighted by atomic mass is 10.0. The highest BCUT2D eigenvalue weighted by atomic mass is 16.8. The lowest BCUT2D eigenvalue weighted by molar-refractivity contribution is -0.196. The van der Waals surface area contributed by atoms with Crippen molar-refractivity contribution in [2.45, 2.75) is 76.3 Å². The van der Waals surface area contributed by atoms with E-state index in [1.807, 2.05) is 30.7 Å². The van der Waals surface area contributed by atoms with Crippen LogP contribution in [0.1, 0.15) is 49.7 Å². The van der Waals surface area contributed by atoms with Crippen molar-refractivity contribution in [2.24, 2.45) is 0 Å². The number of nitrogens with zero attached hydrogens (tertiary/aromatic N) is 4. The number of benzene rings is 1. The molecular formula is C27H29N5O3. The van der Waals surface area contributed by atoms with Gasteiger partial charge in [-0.25, -0.2) is 9.97 Å². The number of aryl methyl sites for hydroxylation is 3. The zero-order valence-corrected chi connectivity index (χ0v) is 20.0. The van der Waals surface area contributed by atoms with E-state index in [4.69, 9.17) is 24.9 Å². The minimum Gasteiger partial charge on any atom is -0.383 e.